The van der Waals surface area contributed by atoms with Gasteiger partial charge < -0.3 is 14.4 Å². The molecular formula is C20H25N3O2S. The number of carbonyl (C=O) groups is 2. The molecule has 4 heterocycles. The summed E-state index contributed by atoms with van der Waals surface area (Å²) in [5.74, 6) is 0.789. The molecule has 2 aromatic heterocycles. The Morgan fingerprint density at radius 1 is 1.27 bits per heavy atom. The van der Waals surface area contributed by atoms with Crippen molar-refractivity contribution in [3.63, 3.8) is 0 Å². The third kappa shape index (κ3) is 3.30. The molecule has 2 aliphatic rings. The molecule has 6 heteroatoms. The van der Waals surface area contributed by atoms with Crippen molar-refractivity contribution >= 4 is 23.2 Å². The molecule has 0 unspecified atom stereocenters. The maximum Gasteiger partial charge on any atom is 0.270 e. The molecule has 0 aliphatic carbocycles. The molecule has 4 rings (SSSR count). The van der Waals surface area contributed by atoms with E-state index in [0.29, 0.717) is 12.3 Å². The first-order valence-electron chi connectivity index (χ1n) is 9.36. The molecule has 2 saturated heterocycles. The molecule has 0 N–H and O–H groups in total. The predicted octanol–water partition coefficient (Wildman–Crippen LogP) is 2.78. The van der Waals surface area contributed by atoms with Gasteiger partial charge in [0.15, 0.2) is 0 Å². The SMILES string of the molecule is Cn1cccc1C(=O)N1CC[C@@H]2[C@@H](CCC(=O)N2CCc2cccs2)C1. The third-order valence-corrected chi connectivity index (χ3v) is 6.71. The number of likely N-dealkylation sites (tertiary alicyclic amines) is 2. The Hall–Kier alpha value is -2.08. The fourth-order valence-corrected chi connectivity index (χ4v) is 5.06. The Morgan fingerprint density at radius 2 is 2.15 bits per heavy atom. The molecular weight excluding hydrogens is 346 g/mol. The van der Waals surface area contributed by atoms with Crippen LogP contribution in [0.1, 0.15) is 34.6 Å². The van der Waals surface area contributed by atoms with E-state index in [1.54, 1.807) is 11.3 Å². The number of hydrogen-bond donors (Lipinski definition) is 0. The lowest BCUT2D eigenvalue weighted by Crippen LogP contribution is -2.57. The average Bonchev–Trinajstić information content (AvgIpc) is 3.31. The highest BCUT2D eigenvalue weighted by atomic mass is 32.1. The topological polar surface area (TPSA) is 45.6 Å². The summed E-state index contributed by atoms with van der Waals surface area (Å²) >= 11 is 1.75. The smallest absolute Gasteiger partial charge is 0.270 e. The normalized spacial score (nSPS) is 23.2. The van der Waals surface area contributed by atoms with Gasteiger partial charge in [-0.2, -0.15) is 0 Å². The first-order valence-corrected chi connectivity index (χ1v) is 10.2. The number of hydrogen-bond acceptors (Lipinski definition) is 3. The van der Waals surface area contributed by atoms with Crippen LogP contribution in [0.5, 0.6) is 0 Å². The van der Waals surface area contributed by atoms with Gasteiger partial charge >= 0.3 is 0 Å². The first kappa shape index (κ1) is 17.3. The van der Waals surface area contributed by atoms with Crippen LogP contribution in [0.25, 0.3) is 0 Å². The van der Waals surface area contributed by atoms with Crippen molar-refractivity contribution in [1.29, 1.82) is 0 Å². The summed E-state index contributed by atoms with van der Waals surface area (Å²) in [7, 11) is 1.91. The van der Waals surface area contributed by atoms with Gasteiger partial charge in [-0.05, 0) is 48.8 Å². The fraction of sp³-hybridized carbons (Fsp3) is 0.500. The number of amides is 2. The first-order chi connectivity index (χ1) is 12.6. The monoisotopic (exact) mass is 371 g/mol. The standard InChI is InChI=1S/C20H25N3O2S/c1-21-10-2-5-18(21)20(25)22-11-9-17-15(14-22)6-7-19(24)23(17)12-8-16-4-3-13-26-16/h2-5,10,13,15,17H,6-9,11-12,14H2,1H3/t15-,17+/m0/s1. The Labute approximate surface area is 158 Å². The van der Waals surface area contributed by atoms with Crippen molar-refractivity contribution in [3.05, 3.63) is 46.4 Å². The highest BCUT2D eigenvalue weighted by Gasteiger charge is 2.40. The van der Waals surface area contributed by atoms with Gasteiger partial charge in [0.05, 0.1) is 0 Å². The summed E-state index contributed by atoms with van der Waals surface area (Å²) in [5, 5.41) is 2.09. The molecule has 2 aromatic rings. The van der Waals surface area contributed by atoms with Crippen molar-refractivity contribution in [1.82, 2.24) is 14.4 Å². The lowest BCUT2D eigenvalue weighted by Gasteiger charge is -2.47. The fourth-order valence-electron chi connectivity index (χ4n) is 4.36. The lowest BCUT2D eigenvalue weighted by molar-refractivity contribution is -0.140. The van der Waals surface area contributed by atoms with Gasteiger partial charge in [-0.1, -0.05) is 6.07 Å². The van der Waals surface area contributed by atoms with Crippen LogP contribution in [0.3, 0.4) is 0 Å². The number of piperidine rings is 2. The zero-order chi connectivity index (χ0) is 18.1. The molecule has 2 atom stereocenters. The third-order valence-electron chi connectivity index (χ3n) is 5.77. The molecule has 2 aliphatic heterocycles. The summed E-state index contributed by atoms with van der Waals surface area (Å²) in [5.41, 5.74) is 0.741. The largest absolute Gasteiger partial charge is 0.347 e. The lowest BCUT2D eigenvalue weighted by atomic mass is 9.83. The van der Waals surface area contributed by atoms with E-state index in [0.717, 1.165) is 44.6 Å². The van der Waals surface area contributed by atoms with Gasteiger partial charge in [0, 0.05) is 50.2 Å². The highest BCUT2D eigenvalue weighted by Crippen LogP contribution is 2.32. The van der Waals surface area contributed by atoms with Crippen LogP contribution in [-0.4, -0.2) is 51.9 Å². The second kappa shape index (κ2) is 7.27. The van der Waals surface area contributed by atoms with Gasteiger partial charge in [-0.15, -0.1) is 11.3 Å². The maximum absolute atomic E-state index is 12.8. The highest BCUT2D eigenvalue weighted by molar-refractivity contribution is 7.09. The van der Waals surface area contributed by atoms with Crippen molar-refractivity contribution in [2.24, 2.45) is 13.0 Å². The van der Waals surface area contributed by atoms with E-state index in [9.17, 15) is 9.59 Å². The number of aryl methyl sites for hydroxylation is 1. The molecule has 5 nitrogen and oxygen atoms in total. The maximum atomic E-state index is 12.8. The van der Waals surface area contributed by atoms with Crippen LogP contribution in [0, 0.1) is 5.92 Å². The summed E-state index contributed by atoms with van der Waals surface area (Å²) in [6, 6.07) is 8.28. The Morgan fingerprint density at radius 3 is 2.88 bits per heavy atom. The molecule has 138 valence electrons. The molecule has 0 radical (unpaired) electrons. The van der Waals surface area contributed by atoms with Crippen LogP contribution in [0.15, 0.2) is 35.8 Å². The minimum atomic E-state index is 0.109. The van der Waals surface area contributed by atoms with Crippen molar-refractivity contribution < 1.29 is 9.59 Å². The van der Waals surface area contributed by atoms with Gasteiger partial charge in [0.2, 0.25) is 5.91 Å². The van der Waals surface area contributed by atoms with Gasteiger partial charge in [-0.25, -0.2) is 0 Å². The number of carbonyl (C=O) groups excluding carboxylic acids is 2. The predicted molar refractivity (Wildman–Crippen MR) is 102 cm³/mol. The summed E-state index contributed by atoms with van der Waals surface area (Å²) in [4.78, 5) is 30.7. The van der Waals surface area contributed by atoms with Crippen LogP contribution >= 0.6 is 11.3 Å². The number of aromatic nitrogens is 1. The van der Waals surface area contributed by atoms with Crippen LogP contribution in [-0.2, 0) is 18.3 Å². The van der Waals surface area contributed by atoms with Crippen LogP contribution in [0.2, 0.25) is 0 Å². The Balaban J connectivity index is 1.42. The molecule has 0 saturated carbocycles. The average molecular weight is 372 g/mol. The second-order valence-electron chi connectivity index (χ2n) is 7.33. The quantitative estimate of drug-likeness (QED) is 0.830. The van der Waals surface area contributed by atoms with Crippen LogP contribution in [0.4, 0.5) is 0 Å². The van der Waals surface area contributed by atoms with E-state index < -0.39 is 0 Å². The number of fused-ring (bicyclic) bond motifs is 1. The van der Waals surface area contributed by atoms with E-state index in [-0.39, 0.29) is 17.9 Å². The van der Waals surface area contributed by atoms with Crippen molar-refractivity contribution in [2.75, 3.05) is 19.6 Å². The molecule has 0 aromatic carbocycles. The van der Waals surface area contributed by atoms with Crippen molar-refractivity contribution in [2.45, 2.75) is 31.7 Å². The van der Waals surface area contributed by atoms with E-state index in [1.165, 1.54) is 4.88 Å². The van der Waals surface area contributed by atoms with Gasteiger partial charge in [0.25, 0.3) is 5.91 Å². The van der Waals surface area contributed by atoms with Gasteiger partial charge in [-0.3, -0.25) is 9.59 Å². The van der Waals surface area contributed by atoms with E-state index in [1.807, 2.05) is 34.8 Å². The summed E-state index contributed by atoms with van der Waals surface area (Å²) < 4.78 is 1.88. The van der Waals surface area contributed by atoms with Crippen LogP contribution < -0.4 is 0 Å². The Bertz CT molecular complexity index is 783. The summed E-state index contributed by atoms with van der Waals surface area (Å²) in [6.07, 6.45) is 5.23. The number of rotatable bonds is 4. The number of nitrogens with zero attached hydrogens (tertiary/aromatic N) is 3. The minimum Gasteiger partial charge on any atom is -0.347 e. The molecule has 0 spiro atoms. The molecule has 0 bridgehead atoms. The van der Waals surface area contributed by atoms with Gasteiger partial charge in [0.1, 0.15) is 5.69 Å². The summed E-state index contributed by atoms with van der Waals surface area (Å²) in [6.45, 7) is 2.29. The van der Waals surface area contributed by atoms with E-state index in [2.05, 4.69) is 22.4 Å². The van der Waals surface area contributed by atoms with Crippen molar-refractivity contribution in [3.8, 4) is 0 Å². The van der Waals surface area contributed by atoms with E-state index >= 15 is 0 Å². The second-order valence-corrected chi connectivity index (χ2v) is 8.36. The van der Waals surface area contributed by atoms with E-state index in [4.69, 9.17) is 0 Å². The molecule has 2 amide bonds. The zero-order valence-electron chi connectivity index (χ0n) is 15.1. The zero-order valence-corrected chi connectivity index (χ0v) is 16.0. The molecule has 2 fully saturated rings. The Kier molecular flexibility index (Phi) is 4.85. The minimum absolute atomic E-state index is 0.109. The molecule has 26 heavy (non-hydrogen) atoms. The number of thiophene rings is 1.